The minimum atomic E-state index is -0.0339. The third-order valence-corrected chi connectivity index (χ3v) is 8.29. The lowest BCUT2D eigenvalue weighted by Crippen LogP contribution is -2.32. The number of allylic oxidation sites excluding steroid dienone is 1. The van der Waals surface area contributed by atoms with Gasteiger partial charge in [-0.25, -0.2) is 9.99 Å². The molecule has 0 spiro atoms. The molecule has 1 aliphatic heterocycles. The fourth-order valence-corrected chi connectivity index (χ4v) is 6.64. The lowest BCUT2D eigenvalue weighted by atomic mass is 9.74. The van der Waals surface area contributed by atoms with Crippen molar-refractivity contribution in [3.05, 3.63) is 66.4 Å². The largest absolute Gasteiger partial charge is 0.286 e. The number of fused-ring (bicyclic) bond motifs is 1. The molecular weight excluding hydrogens is 418 g/mol. The zero-order chi connectivity index (χ0) is 20.0. The fraction of sp³-hybridized carbons (Fsp3) is 0.318. The summed E-state index contributed by atoms with van der Waals surface area (Å²) in [5.41, 5.74) is 4.88. The molecule has 0 radical (unpaired) electrons. The monoisotopic (exact) mass is 439 g/mol. The number of rotatable bonds is 3. The average Bonchev–Trinajstić information content (AvgIpc) is 3.48. The summed E-state index contributed by atoms with van der Waals surface area (Å²) in [6, 6.07) is 8.38. The molecule has 3 aromatic rings. The number of thiazole rings is 1. The number of hydrazone groups is 1. The molecule has 3 atom stereocenters. The van der Waals surface area contributed by atoms with Gasteiger partial charge in [0.25, 0.3) is 5.91 Å². The molecule has 0 aromatic carbocycles. The van der Waals surface area contributed by atoms with Gasteiger partial charge >= 0.3 is 0 Å². The van der Waals surface area contributed by atoms with Crippen LogP contribution < -0.4 is 0 Å². The average molecular weight is 440 g/mol. The second-order valence-corrected chi connectivity index (χ2v) is 10.5. The molecular formula is C22H21N3OS3. The van der Waals surface area contributed by atoms with Gasteiger partial charge in [-0.1, -0.05) is 19.1 Å². The third kappa shape index (κ3) is 3.41. The van der Waals surface area contributed by atoms with Gasteiger partial charge in [-0.2, -0.15) is 5.10 Å². The Morgan fingerprint density at radius 1 is 1.21 bits per heavy atom. The normalized spacial score (nSPS) is 25.3. The van der Waals surface area contributed by atoms with Crippen LogP contribution in [0.2, 0.25) is 0 Å². The van der Waals surface area contributed by atoms with Gasteiger partial charge in [-0.05, 0) is 60.2 Å². The van der Waals surface area contributed by atoms with Gasteiger partial charge in [0.1, 0.15) is 4.88 Å². The number of aryl methyl sites for hydroxylation is 1. The van der Waals surface area contributed by atoms with Gasteiger partial charge < -0.3 is 0 Å². The van der Waals surface area contributed by atoms with E-state index >= 15 is 0 Å². The van der Waals surface area contributed by atoms with E-state index in [0.717, 1.165) is 24.2 Å². The van der Waals surface area contributed by atoms with E-state index in [9.17, 15) is 4.79 Å². The molecule has 4 nitrogen and oxygen atoms in total. The zero-order valence-corrected chi connectivity index (χ0v) is 18.7. The van der Waals surface area contributed by atoms with Crippen LogP contribution in [0.25, 0.3) is 6.08 Å². The van der Waals surface area contributed by atoms with Crippen LogP contribution in [0.3, 0.4) is 0 Å². The molecule has 148 valence electrons. The zero-order valence-electron chi connectivity index (χ0n) is 16.2. The molecule has 1 aliphatic carbocycles. The van der Waals surface area contributed by atoms with E-state index in [1.807, 2.05) is 6.92 Å². The predicted molar refractivity (Wildman–Crippen MR) is 122 cm³/mol. The molecule has 0 saturated heterocycles. The number of nitrogens with zero attached hydrogens (tertiary/aromatic N) is 3. The van der Waals surface area contributed by atoms with E-state index in [4.69, 9.17) is 5.10 Å². The van der Waals surface area contributed by atoms with Crippen molar-refractivity contribution in [2.75, 3.05) is 0 Å². The van der Waals surface area contributed by atoms with Crippen LogP contribution in [0.4, 0.5) is 0 Å². The Balaban J connectivity index is 1.60. The maximum absolute atomic E-state index is 13.5. The third-order valence-electron chi connectivity index (χ3n) is 5.61. The number of thiophene rings is 2. The van der Waals surface area contributed by atoms with Crippen LogP contribution in [0, 0.1) is 18.8 Å². The van der Waals surface area contributed by atoms with Gasteiger partial charge in [0, 0.05) is 15.7 Å². The quantitative estimate of drug-likeness (QED) is 0.484. The molecule has 0 N–H and O–H groups in total. The minimum Gasteiger partial charge on any atom is -0.266 e. The Hall–Kier alpha value is -2.09. The van der Waals surface area contributed by atoms with Crippen molar-refractivity contribution in [3.63, 3.8) is 0 Å². The predicted octanol–water partition coefficient (Wildman–Crippen LogP) is 6.26. The van der Waals surface area contributed by atoms with E-state index in [0.29, 0.717) is 10.8 Å². The van der Waals surface area contributed by atoms with Crippen molar-refractivity contribution in [1.29, 1.82) is 0 Å². The van der Waals surface area contributed by atoms with Crippen molar-refractivity contribution in [2.45, 2.75) is 32.7 Å². The fourth-order valence-electron chi connectivity index (χ4n) is 4.35. The van der Waals surface area contributed by atoms with E-state index in [2.05, 4.69) is 53.0 Å². The van der Waals surface area contributed by atoms with Crippen LogP contribution in [0.15, 0.2) is 51.2 Å². The molecule has 7 heteroatoms. The number of aromatic nitrogens is 1. The maximum atomic E-state index is 13.5. The maximum Gasteiger partial charge on any atom is 0.286 e. The highest BCUT2D eigenvalue weighted by Gasteiger charge is 2.46. The summed E-state index contributed by atoms with van der Waals surface area (Å²) in [6.45, 7) is 4.20. The van der Waals surface area contributed by atoms with Crippen molar-refractivity contribution in [1.82, 2.24) is 9.99 Å². The minimum absolute atomic E-state index is 0.0338. The van der Waals surface area contributed by atoms with Gasteiger partial charge in [-0.3, -0.25) is 4.79 Å². The van der Waals surface area contributed by atoms with Crippen LogP contribution in [0.5, 0.6) is 0 Å². The van der Waals surface area contributed by atoms with E-state index < -0.39 is 0 Å². The number of carbonyl (C=O) groups excluding carboxylic acids is 1. The highest BCUT2D eigenvalue weighted by atomic mass is 32.1. The van der Waals surface area contributed by atoms with Crippen molar-refractivity contribution >= 4 is 51.7 Å². The Morgan fingerprint density at radius 3 is 2.72 bits per heavy atom. The van der Waals surface area contributed by atoms with Crippen LogP contribution in [-0.4, -0.2) is 21.6 Å². The second kappa shape index (κ2) is 7.63. The highest BCUT2D eigenvalue weighted by Crippen LogP contribution is 2.47. The molecule has 1 amide bonds. The van der Waals surface area contributed by atoms with Gasteiger partial charge in [0.05, 0.1) is 23.0 Å². The number of hydrogen-bond donors (Lipinski definition) is 0. The standard InChI is InChI=1S/C22H21N3OS3/c1-13-9-15(11-16-5-3-7-27-16)19-17(10-13)20(18-6-4-8-28-18)25(24-19)22(26)21-14(2)23-12-29-21/h3-8,11-13,17,20H,9-10H2,1-2H3/b15-11-/t13-,17-,20+/m0/s1. The van der Waals surface area contributed by atoms with Crippen molar-refractivity contribution in [2.24, 2.45) is 16.9 Å². The molecule has 4 heterocycles. The summed E-state index contributed by atoms with van der Waals surface area (Å²) >= 11 is 4.85. The van der Waals surface area contributed by atoms with Gasteiger partial charge in [0.2, 0.25) is 0 Å². The molecule has 2 aliphatic rings. The Morgan fingerprint density at radius 2 is 2.03 bits per heavy atom. The summed E-state index contributed by atoms with van der Waals surface area (Å²) in [7, 11) is 0. The molecule has 0 bridgehead atoms. The summed E-state index contributed by atoms with van der Waals surface area (Å²) < 4.78 is 0. The first-order valence-corrected chi connectivity index (χ1v) is 12.4. The molecule has 5 rings (SSSR count). The van der Waals surface area contributed by atoms with Crippen LogP contribution in [-0.2, 0) is 0 Å². The Labute approximate surface area is 182 Å². The summed E-state index contributed by atoms with van der Waals surface area (Å²) in [6.07, 6.45) is 4.32. The summed E-state index contributed by atoms with van der Waals surface area (Å²) in [4.78, 5) is 20.9. The lowest BCUT2D eigenvalue weighted by Gasteiger charge is -2.31. The van der Waals surface area contributed by atoms with E-state index in [1.54, 1.807) is 33.2 Å². The molecule has 0 unspecified atom stereocenters. The van der Waals surface area contributed by atoms with E-state index in [1.165, 1.54) is 26.7 Å². The Bertz CT molecular complexity index is 1080. The molecule has 1 saturated carbocycles. The topological polar surface area (TPSA) is 45.6 Å². The van der Waals surface area contributed by atoms with E-state index in [-0.39, 0.29) is 17.9 Å². The number of amides is 1. The molecule has 3 aromatic heterocycles. The number of hydrogen-bond acceptors (Lipinski definition) is 6. The van der Waals surface area contributed by atoms with Crippen LogP contribution in [0.1, 0.15) is 50.9 Å². The first-order valence-electron chi connectivity index (χ1n) is 9.72. The number of carbonyl (C=O) groups is 1. The van der Waals surface area contributed by atoms with Gasteiger partial charge in [0.15, 0.2) is 0 Å². The van der Waals surface area contributed by atoms with Gasteiger partial charge in [-0.15, -0.1) is 34.0 Å². The molecule has 1 fully saturated rings. The van der Waals surface area contributed by atoms with Crippen molar-refractivity contribution in [3.8, 4) is 0 Å². The van der Waals surface area contributed by atoms with Crippen molar-refractivity contribution < 1.29 is 4.79 Å². The molecule has 29 heavy (non-hydrogen) atoms. The lowest BCUT2D eigenvalue weighted by molar-refractivity contribution is 0.0684. The van der Waals surface area contributed by atoms with Crippen LogP contribution >= 0.6 is 34.0 Å². The first-order chi connectivity index (χ1) is 14.1. The second-order valence-electron chi connectivity index (χ2n) is 7.70. The SMILES string of the molecule is Cc1ncsc1C(=O)N1N=C2/C(=C\c3cccs3)C[C@H](C)C[C@@H]2[C@@H]1c1cccs1. The summed E-state index contributed by atoms with van der Waals surface area (Å²) in [5.74, 6) is 0.766. The highest BCUT2D eigenvalue weighted by molar-refractivity contribution is 7.12. The summed E-state index contributed by atoms with van der Waals surface area (Å²) in [5, 5.41) is 10.9. The smallest absolute Gasteiger partial charge is 0.266 e. The Kier molecular flexibility index (Phi) is 4.97. The first kappa shape index (κ1) is 18.9.